The summed E-state index contributed by atoms with van der Waals surface area (Å²) in [5, 5.41) is 4.62. The molecule has 0 heterocycles. The first-order chi connectivity index (χ1) is 11.7. The molecular formula is C14H12ClF3N2O4S2. The Labute approximate surface area is 152 Å². The number of hydrogen-bond acceptors (Lipinski definition) is 4. The molecule has 0 atom stereocenters. The van der Waals surface area contributed by atoms with Gasteiger partial charge in [-0.15, -0.1) is 0 Å². The summed E-state index contributed by atoms with van der Waals surface area (Å²) in [7, 11) is -8.64. The fourth-order valence-corrected chi connectivity index (χ4v) is 4.45. The van der Waals surface area contributed by atoms with Crippen molar-refractivity contribution in [2.75, 3.05) is 4.72 Å². The smallest absolute Gasteiger partial charge is 0.280 e. The van der Waals surface area contributed by atoms with E-state index in [9.17, 15) is 30.0 Å². The maximum Gasteiger partial charge on any atom is 0.416 e. The van der Waals surface area contributed by atoms with Crippen LogP contribution in [-0.2, 0) is 26.2 Å². The summed E-state index contributed by atoms with van der Waals surface area (Å²) in [6.45, 7) is 1.45. The zero-order chi connectivity index (χ0) is 19.9. The van der Waals surface area contributed by atoms with E-state index in [1.54, 1.807) is 0 Å². The molecule has 0 saturated carbocycles. The molecular weight excluding hydrogens is 417 g/mol. The maximum absolute atomic E-state index is 12.8. The Morgan fingerprint density at radius 3 is 2.15 bits per heavy atom. The van der Waals surface area contributed by atoms with Crippen molar-refractivity contribution in [2.24, 2.45) is 5.14 Å². The van der Waals surface area contributed by atoms with Gasteiger partial charge in [0.25, 0.3) is 10.0 Å². The molecule has 142 valence electrons. The third kappa shape index (κ3) is 4.47. The molecule has 12 heteroatoms. The first kappa shape index (κ1) is 20.5. The first-order valence-electron chi connectivity index (χ1n) is 6.75. The molecule has 2 rings (SSSR count). The first-order valence-corrected chi connectivity index (χ1v) is 10.2. The zero-order valence-electron chi connectivity index (χ0n) is 13.0. The van der Waals surface area contributed by atoms with Gasteiger partial charge in [0, 0.05) is 0 Å². The van der Waals surface area contributed by atoms with Gasteiger partial charge in [-0.2, -0.15) is 13.2 Å². The fourth-order valence-electron chi connectivity index (χ4n) is 2.07. The molecule has 2 aromatic carbocycles. The second-order valence-electron chi connectivity index (χ2n) is 5.27. The van der Waals surface area contributed by atoms with Gasteiger partial charge in [-0.3, -0.25) is 4.72 Å². The number of rotatable bonds is 4. The van der Waals surface area contributed by atoms with E-state index in [0.717, 1.165) is 12.1 Å². The largest absolute Gasteiger partial charge is 0.416 e. The monoisotopic (exact) mass is 428 g/mol. The van der Waals surface area contributed by atoms with E-state index in [0.29, 0.717) is 12.1 Å². The summed E-state index contributed by atoms with van der Waals surface area (Å²) in [5.41, 5.74) is -1.13. The van der Waals surface area contributed by atoms with E-state index < -0.39 is 41.7 Å². The number of aryl methyl sites for hydroxylation is 1. The lowest BCUT2D eigenvalue weighted by atomic mass is 10.2. The molecule has 3 N–H and O–H groups in total. The van der Waals surface area contributed by atoms with Crippen molar-refractivity contribution < 1.29 is 30.0 Å². The van der Waals surface area contributed by atoms with E-state index >= 15 is 0 Å². The standard InChI is InChI=1S/C14H12ClF3N2O4S2/c1-8-2-4-10(7-12(8)25(19,21)22)20-26(23,24)13-6-9(14(16,17)18)3-5-11(13)15/h2-7,20H,1H3,(H2,19,21,22). The van der Waals surface area contributed by atoms with Gasteiger partial charge < -0.3 is 0 Å². The van der Waals surface area contributed by atoms with E-state index in [4.69, 9.17) is 16.7 Å². The summed E-state index contributed by atoms with van der Waals surface area (Å²) in [4.78, 5) is -1.13. The Morgan fingerprint density at radius 2 is 1.62 bits per heavy atom. The third-order valence-electron chi connectivity index (χ3n) is 3.29. The van der Waals surface area contributed by atoms with Crippen LogP contribution >= 0.6 is 11.6 Å². The molecule has 0 aliphatic heterocycles. The van der Waals surface area contributed by atoms with E-state index in [1.807, 2.05) is 4.72 Å². The Balaban J connectivity index is 2.51. The number of hydrogen-bond donors (Lipinski definition) is 2. The van der Waals surface area contributed by atoms with Crippen molar-refractivity contribution in [3.8, 4) is 0 Å². The van der Waals surface area contributed by atoms with Crippen molar-refractivity contribution >= 4 is 37.3 Å². The predicted molar refractivity (Wildman–Crippen MR) is 89.8 cm³/mol. The van der Waals surface area contributed by atoms with Gasteiger partial charge in [0.05, 0.1) is 21.2 Å². The highest BCUT2D eigenvalue weighted by Crippen LogP contribution is 2.34. The molecule has 0 fully saturated rings. The Kier molecular flexibility index (Phi) is 5.30. The molecule has 0 unspecified atom stereocenters. The predicted octanol–water partition coefficient (Wildman–Crippen LogP) is 3.12. The lowest BCUT2D eigenvalue weighted by molar-refractivity contribution is -0.137. The van der Waals surface area contributed by atoms with Gasteiger partial charge in [0.15, 0.2) is 0 Å². The Hall–Kier alpha value is -1.82. The van der Waals surface area contributed by atoms with Crippen molar-refractivity contribution in [1.29, 1.82) is 0 Å². The second-order valence-corrected chi connectivity index (χ2v) is 8.86. The highest BCUT2D eigenvalue weighted by atomic mass is 35.5. The van der Waals surface area contributed by atoms with Gasteiger partial charge in [0.1, 0.15) is 4.90 Å². The molecule has 26 heavy (non-hydrogen) atoms. The van der Waals surface area contributed by atoms with Crippen LogP contribution in [0.4, 0.5) is 18.9 Å². The SMILES string of the molecule is Cc1ccc(NS(=O)(=O)c2cc(C(F)(F)F)ccc2Cl)cc1S(N)(=O)=O. The van der Waals surface area contributed by atoms with Gasteiger partial charge in [-0.05, 0) is 42.8 Å². The molecule has 6 nitrogen and oxygen atoms in total. The van der Waals surface area contributed by atoms with Gasteiger partial charge in [-0.25, -0.2) is 22.0 Å². The molecule has 0 bridgehead atoms. The number of primary sulfonamides is 1. The highest BCUT2D eigenvalue weighted by Gasteiger charge is 2.32. The van der Waals surface area contributed by atoms with Crippen LogP contribution in [-0.4, -0.2) is 16.8 Å². The molecule has 0 spiro atoms. The minimum absolute atomic E-state index is 0.201. The summed E-state index contributed by atoms with van der Waals surface area (Å²) >= 11 is 5.72. The van der Waals surface area contributed by atoms with Crippen LogP contribution in [0.1, 0.15) is 11.1 Å². The average Bonchev–Trinajstić information content (AvgIpc) is 2.47. The van der Waals surface area contributed by atoms with Crippen molar-refractivity contribution in [2.45, 2.75) is 22.9 Å². The summed E-state index contributed by atoms with van der Waals surface area (Å²) in [5.74, 6) is 0. The number of anilines is 1. The lowest BCUT2D eigenvalue weighted by Gasteiger charge is -2.13. The lowest BCUT2D eigenvalue weighted by Crippen LogP contribution is -2.17. The molecule has 0 amide bonds. The van der Waals surface area contributed by atoms with E-state index in [2.05, 4.69) is 0 Å². The average molecular weight is 429 g/mol. The maximum atomic E-state index is 12.8. The second kappa shape index (κ2) is 6.72. The number of sulfonamides is 2. The zero-order valence-corrected chi connectivity index (χ0v) is 15.4. The van der Waals surface area contributed by atoms with E-state index in [1.165, 1.54) is 19.1 Å². The molecule has 0 radical (unpaired) electrons. The van der Waals surface area contributed by atoms with Crippen LogP contribution in [0.3, 0.4) is 0 Å². The summed E-state index contributed by atoms with van der Waals surface area (Å²) < 4.78 is 88.2. The van der Waals surface area contributed by atoms with Crippen LogP contribution in [0.15, 0.2) is 46.2 Å². The number of halogens is 4. The van der Waals surface area contributed by atoms with Crippen molar-refractivity contribution in [1.82, 2.24) is 0 Å². The number of alkyl halides is 3. The van der Waals surface area contributed by atoms with Crippen LogP contribution in [0.5, 0.6) is 0 Å². The topological polar surface area (TPSA) is 106 Å². The fraction of sp³-hybridized carbons (Fsp3) is 0.143. The third-order valence-corrected chi connectivity index (χ3v) is 6.21. The molecule has 2 aromatic rings. The quantitative estimate of drug-likeness (QED) is 0.780. The van der Waals surface area contributed by atoms with Gasteiger partial charge in [0.2, 0.25) is 10.0 Å². The Bertz CT molecular complexity index is 1070. The van der Waals surface area contributed by atoms with Crippen LogP contribution in [0, 0.1) is 6.92 Å². The number of nitrogens with one attached hydrogen (secondary N) is 1. The minimum Gasteiger partial charge on any atom is -0.280 e. The number of benzene rings is 2. The number of nitrogens with two attached hydrogens (primary N) is 1. The summed E-state index contributed by atoms with van der Waals surface area (Å²) in [6.07, 6.45) is -4.76. The molecule has 0 aliphatic rings. The van der Waals surface area contributed by atoms with Crippen LogP contribution in [0.2, 0.25) is 5.02 Å². The highest BCUT2D eigenvalue weighted by molar-refractivity contribution is 7.92. The normalized spacial score (nSPS) is 12.8. The van der Waals surface area contributed by atoms with Gasteiger partial charge in [-0.1, -0.05) is 17.7 Å². The summed E-state index contributed by atoms with van der Waals surface area (Å²) in [6, 6.07) is 5.34. The van der Waals surface area contributed by atoms with E-state index in [-0.39, 0.29) is 16.1 Å². The van der Waals surface area contributed by atoms with Crippen molar-refractivity contribution in [3.63, 3.8) is 0 Å². The molecule has 0 aromatic heterocycles. The molecule has 0 saturated heterocycles. The van der Waals surface area contributed by atoms with Crippen LogP contribution in [0.25, 0.3) is 0 Å². The van der Waals surface area contributed by atoms with Crippen molar-refractivity contribution in [3.05, 3.63) is 52.5 Å². The Morgan fingerprint density at radius 1 is 1.00 bits per heavy atom. The molecule has 0 aliphatic carbocycles. The minimum atomic E-state index is -4.76. The van der Waals surface area contributed by atoms with Gasteiger partial charge >= 0.3 is 6.18 Å². The van der Waals surface area contributed by atoms with Crippen LogP contribution < -0.4 is 9.86 Å².